The van der Waals surface area contributed by atoms with Gasteiger partial charge in [0, 0.05) is 24.2 Å². The van der Waals surface area contributed by atoms with Crippen molar-refractivity contribution in [2.24, 2.45) is 22.7 Å². The van der Waals surface area contributed by atoms with E-state index in [1.807, 2.05) is 0 Å². The number of Topliss-reactive ketones (excluding diaryl/α,β-unsaturated/α-hetero) is 1. The van der Waals surface area contributed by atoms with Gasteiger partial charge in [-0.05, 0) is 55.4 Å². The lowest BCUT2D eigenvalue weighted by Gasteiger charge is -2.58. The van der Waals surface area contributed by atoms with Crippen molar-refractivity contribution in [1.82, 2.24) is 0 Å². The minimum Gasteiger partial charge on any atom is -0.347 e. The Hall–Kier alpha value is -0.670. The van der Waals surface area contributed by atoms with E-state index < -0.39 is 0 Å². The van der Waals surface area contributed by atoms with Crippen molar-refractivity contribution in [3.8, 4) is 0 Å². The Morgan fingerprint density at radius 2 is 1.95 bits per heavy atom. The second-order valence-electron chi connectivity index (χ2n) is 8.47. The van der Waals surface area contributed by atoms with Gasteiger partial charge in [0.15, 0.2) is 11.6 Å². The first-order chi connectivity index (χ1) is 10.6. The molecule has 3 nitrogen and oxygen atoms in total. The summed E-state index contributed by atoms with van der Waals surface area (Å²) in [7, 11) is 0. The fourth-order valence-electron chi connectivity index (χ4n) is 6.92. The van der Waals surface area contributed by atoms with E-state index in [9.17, 15) is 4.79 Å². The van der Waals surface area contributed by atoms with Crippen molar-refractivity contribution >= 4 is 5.78 Å². The summed E-state index contributed by atoms with van der Waals surface area (Å²) in [6, 6.07) is 0. The molecule has 1 aliphatic heterocycles. The number of carbonyl (C=O) groups excluding carboxylic acids is 1. The van der Waals surface area contributed by atoms with Gasteiger partial charge in [-0.25, -0.2) is 0 Å². The third-order valence-electron chi connectivity index (χ3n) is 7.93. The molecule has 5 rings (SSSR count). The summed E-state index contributed by atoms with van der Waals surface area (Å²) in [4.78, 5) is 12.7. The molecule has 0 N–H and O–H groups in total. The minimum atomic E-state index is -0.305. The molecule has 4 aliphatic carbocycles. The van der Waals surface area contributed by atoms with E-state index in [4.69, 9.17) is 9.47 Å². The molecule has 0 aromatic carbocycles. The number of fused-ring (bicyclic) bond motifs is 3. The molecule has 120 valence electrons. The van der Waals surface area contributed by atoms with Crippen LogP contribution in [0, 0.1) is 22.7 Å². The molecule has 0 amide bonds. The van der Waals surface area contributed by atoms with Crippen LogP contribution in [0.5, 0.6) is 0 Å². The van der Waals surface area contributed by atoms with Crippen LogP contribution in [0.1, 0.15) is 58.3 Å². The first-order valence-electron chi connectivity index (χ1n) is 9.11. The summed E-state index contributed by atoms with van der Waals surface area (Å²) in [6.07, 6.45) is 11.1. The minimum absolute atomic E-state index is 0.111. The fourth-order valence-corrected chi connectivity index (χ4v) is 6.92. The van der Waals surface area contributed by atoms with E-state index in [1.165, 1.54) is 31.3 Å². The van der Waals surface area contributed by atoms with Gasteiger partial charge >= 0.3 is 0 Å². The summed E-state index contributed by atoms with van der Waals surface area (Å²) in [5, 5.41) is 0. The molecule has 2 bridgehead atoms. The van der Waals surface area contributed by atoms with E-state index in [0.29, 0.717) is 23.0 Å². The highest BCUT2D eigenvalue weighted by atomic mass is 16.7. The van der Waals surface area contributed by atoms with Crippen LogP contribution in [0.25, 0.3) is 0 Å². The second-order valence-corrected chi connectivity index (χ2v) is 8.47. The molecule has 0 radical (unpaired) electrons. The number of ketones is 1. The van der Waals surface area contributed by atoms with Crippen molar-refractivity contribution in [1.29, 1.82) is 0 Å². The molecule has 5 aliphatic rings. The van der Waals surface area contributed by atoms with Gasteiger partial charge in [-0.1, -0.05) is 13.0 Å². The predicted octanol–water partition coefficient (Wildman–Crippen LogP) is 3.63. The number of rotatable bonds is 0. The van der Waals surface area contributed by atoms with Crippen molar-refractivity contribution in [2.45, 2.75) is 64.1 Å². The summed E-state index contributed by atoms with van der Waals surface area (Å²) in [5.74, 6) is 1.19. The molecular formula is C19H26O3. The molecule has 1 saturated heterocycles. The van der Waals surface area contributed by atoms with Gasteiger partial charge in [0.25, 0.3) is 0 Å². The SMILES string of the molecule is C[C@]12CCCC=C1C(=O)C[C@H]1C[C@@H]3C[C@@]12CCC31OCCO1. The molecule has 0 aromatic heterocycles. The van der Waals surface area contributed by atoms with Crippen molar-refractivity contribution in [3.05, 3.63) is 11.6 Å². The molecule has 22 heavy (non-hydrogen) atoms. The topological polar surface area (TPSA) is 35.5 Å². The molecule has 3 heteroatoms. The zero-order valence-corrected chi connectivity index (χ0v) is 13.5. The van der Waals surface area contributed by atoms with Gasteiger partial charge in [-0.2, -0.15) is 0 Å². The average molecular weight is 302 g/mol. The molecule has 4 fully saturated rings. The van der Waals surface area contributed by atoms with E-state index in [1.54, 1.807) is 0 Å². The fraction of sp³-hybridized carbons (Fsp3) is 0.842. The first-order valence-corrected chi connectivity index (χ1v) is 9.11. The van der Waals surface area contributed by atoms with Crippen LogP contribution >= 0.6 is 0 Å². The molecular weight excluding hydrogens is 276 g/mol. The standard InChI is InChI=1S/C19H26O3/c1-17-5-3-2-4-15(17)16(20)11-13-10-14-12-18(13,17)6-7-19(14)21-8-9-22-19/h4,13-14H,2-3,5-12H2,1H3/t13-,14-,17+,18+/m1/s1. The van der Waals surface area contributed by atoms with E-state index >= 15 is 0 Å². The molecule has 1 heterocycles. The largest absolute Gasteiger partial charge is 0.347 e. The van der Waals surface area contributed by atoms with Crippen LogP contribution in [-0.2, 0) is 14.3 Å². The van der Waals surface area contributed by atoms with Crippen LogP contribution < -0.4 is 0 Å². The zero-order valence-electron chi connectivity index (χ0n) is 13.5. The second kappa shape index (κ2) is 4.24. The van der Waals surface area contributed by atoms with Gasteiger partial charge in [0.05, 0.1) is 13.2 Å². The van der Waals surface area contributed by atoms with Gasteiger partial charge in [-0.15, -0.1) is 0 Å². The maximum Gasteiger partial charge on any atom is 0.171 e. The molecule has 2 spiro atoms. The monoisotopic (exact) mass is 302 g/mol. The Kier molecular flexibility index (Phi) is 2.65. The summed E-state index contributed by atoms with van der Waals surface area (Å²) >= 11 is 0. The average Bonchev–Trinajstić information content (AvgIpc) is 3.09. The van der Waals surface area contributed by atoms with Crippen molar-refractivity contribution < 1.29 is 14.3 Å². The quantitative estimate of drug-likeness (QED) is 0.685. The van der Waals surface area contributed by atoms with Crippen molar-refractivity contribution in [2.75, 3.05) is 13.2 Å². The lowest BCUT2D eigenvalue weighted by molar-refractivity contribution is -0.221. The number of ether oxygens (including phenoxy) is 2. The van der Waals surface area contributed by atoms with Crippen LogP contribution in [0.15, 0.2) is 11.6 Å². The highest BCUT2D eigenvalue weighted by Crippen LogP contribution is 2.72. The number of hydrogen-bond donors (Lipinski definition) is 0. The molecule has 4 atom stereocenters. The Bertz CT molecular complexity index is 559. The number of hydrogen-bond acceptors (Lipinski definition) is 3. The summed E-state index contributed by atoms with van der Waals surface area (Å²) in [5.41, 5.74) is 1.62. The smallest absolute Gasteiger partial charge is 0.171 e. The van der Waals surface area contributed by atoms with Crippen LogP contribution in [-0.4, -0.2) is 24.8 Å². The lowest BCUT2D eigenvalue weighted by atomic mass is 9.46. The Balaban J connectivity index is 1.59. The van der Waals surface area contributed by atoms with Gasteiger partial charge in [0.2, 0.25) is 0 Å². The summed E-state index contributed by atoms with van der Waals surface area (Å²) in [6.45, 7) is 3.89. The Morgan fingerprint density at radius 3 is 2.77 bits per heavy atom. The van der Waals surface area contributed by atoms with Crippen LogP contribution in [0.4, 0.5) is 0 Å². The zero-order chi connectivity index (χ0) is 15.0. The van der Waals surface area contributed by atoms with Crippen LogP contribution in [0.3, 0.4) is 0 Å². The number of carbonyl (C=O) groups is 1. The van der Waals surface area contributed by atoms with Gasteiger partial charge in [-0.3, -0.25) is 4.79 Å². The van der Waals surface area contributed by atoms with Gasteiger partial charge in [0.1, 0.15) is 0 Å². The molecule has 0 aromatic rings. The third kappa shape index (κ3) is 1.43. The van der Waals surface area contributed by atoms with Crippen LogP contribution in [0.2, 0.25) is 0 Å². The normalized spacial score (nSPS) is 49.0. The van der Waals surface area contributed by atoms with E-state index in [-0.39, 0.29) is 11.2 Å². The van der Waals surface area contributed by atoms with E-state index in [0.717, 1.165) is 38.9 Å². The van der Waals surface area contributed by atoms with E-state index in [2.05, 4.69) is 13.0 Å². The Labute approximate surface area is 132 Å². The molecule has 3 saturated carbocycles. The summed E-state index contributed by atoms with van der Waals surface area (Å²) < 4.78 is 12.2. The third-order valence-corrected chi connectivity index (χ3v) is 7.93. The molecule has 0 unspecified atom stereocenters. The lowest BCUT2D eigenvalue weighted by Crippen LogP contribution is -2.54. The maximum atomic E-state index is 12.7. The van der Waals surface area contributed by atoms with Crippen molar-refractivity contribution in [3.63, 3.8) is 0 Å². The van der Waals surface area contributed by atoms with Gasteiger partial charge < -0.3 is 9.47 Å². The highest BCUT2D eigenvalue weighted by Gasteiger charge is 2.68. The predicted molar refractivity (Wildman–Crippen MR) is 82.2 cm³/mol. The Morgan fingerprint density at radius 1 is 1.14 bits per heavy atom. The first kappa shape index (κ1) is 13.7. The maximum absolute atomic E-state index is 12.7. The highest BCUT2D eigenvalue weighted by molar-refractivity contribution is 5.98. The number of allylic oxidation sites excluding steroid dienone is 2.